The summed E-state index contributed by atoms with van der Waals surface area (Å²) in [6.45, 7) is 0. The molecule has 0 unspecified atom stereocenters. The summed E-state index contributed by atoms with van der Waals surface area (Å²) in [6, 6.07) is 7.74. The smallest absolute Gasteiger partial charge is 0.239 e. The van der Waals surface area contributed by atoms with Crippen LogP contribution in [0.2, 0.25) is 0 Å². The Kier molecular flexibility index (Phi) is 2.47. The van der Waals surface area contributed by atoms with Gasteiger partial charge in [-0.3, -0.25) is 4.79 Å². The third-order valence-electron chi connectivity index (χ3n) is 1.85. The van der Waals surface area contributed by atoms with Crippen LogP contribution in [-0.2, 0) is 4.79 Å². The number of alkyl halides is 1. The lowest BCUT2D eigenvalue weighted by Gasteiger charge is -2.21. The molecule has 2 nitrogen and oxygen atoms in total. The van der Waals surface area contributed by atoms with E-state index in [0.29, 0.717) is 5.88 Å². The second-order valence-corrected chi connectivity index (χ2v) is 4.30. The van der Waals surface area contributed by atoms with Crippen LogP contribution in [0.5, 0.6) is 0 Å². The molecule has 13 heavy (non-hydrogen) atoms. The summed E-state index contributed by atoms with van der Waals surface area (Å²) in [7, 11) is 0. The first-order valence-corrected chi connectivity index (χ1v) is 5.35. The van der Waals surface area contributed by atoms with Crippen LogP contribution in [0.15, 0.2) is 29.2 Å². The molecule has 1 heterocycles. The van der Waals surface area contributed by atoms with Crippen molar-refractivity contribution in [2.24, 2.45) is 0 Å². The summed E-state index contributed by atoms with van der Waals surface area (Å²) in [4.78, 5) is 12.5. The van der Waals surface area contributed by atoms with Gasteiger partial charge in [-0.15, -0.1) is 23.4 Å². The van der Waals surface area contributed by atoms with Gasteiger partial charge in [0.25, 0.3) is 0 Å². The summed E-state index contributed by atoms with van der Waals surface area (Å²) >= 11 is 7.18. The summed E-state index contributed by atoms with van der Waals surface area (Å²) in [6.07, 6.45) is 0. The van der Waals surface area contributed by atoms with Gasteiger partial charge in [0.1, 0.15) is 5.25 Å². The van der Waals surface area contributed by atoms with Gasteiger partial charge in [-0.05, 0) is 12.1 Å². The predicted octanol–water partition coefficient (Wildman–Crippen LogP) is 2.34. The van der Waals surface area contributed by atoms with E-state index in [1.54, 1.807) is 0 Å². The van der Waals surface area contributed by atoms with Crippen molar-refractivity contribution in [3.63, 3.8) is 0 Å². The maximum absolute atomic E-state index is 11.4. The molecule has 0 spiro atoms. The van der Waals surface area contributed by atoms with Crippen molar-refractivity contribution in [1.82, 2.24) is 0 Å². The standard InChI is InChI=1S/C9H8ClNOS/c10-5-8-9(12)11-6-3-1-2-4-7(6)13-8/h1-4,8H,5H2,(H,11,12)/t8-/m1/s1. The average molecular weight is 214 g/mol. The van der Waals surface area contributed by atoms with Gasteiger partial charge in [0.2, 0.25) is 5.91 Å². The number of benzene rings is 1. The lowest BCUT2D eigenvalue weighted by Crippen LogP contribution is -2.30. The third-order valence-corrected chi connectivity index (χ3v) is 3.61. The zero-order valence-electron chi connectivity index (χ0n) is 6.79. The molecule has 0 radical (unpaired) electrons. The summed E-state index contributed by atoms with van der Waals surface area (Å²) < 4.78 is 0. The van der Waals surface area contributed by atoms with Gasteiger partial charge in [-0.1, -0.05) is 12.1 Å². The van der Waals surface area contributed by atoms with Gasteiger partial charge in [0, 0.05) is 10.8 Å². The zero-order valence-corrected chi connectivity index (χ0v) is 8.36. The summed E-state index contributed by atoms with van der Waals surface area (Å²) in [5.74, 6) is 0.351. The molecule has 0 bridgehead atoms. The highest BCUT2D eigenvalue weighted by atomic mass is 35.5. The van der Waals surface area contributed by atoms with Crippen LogP contribution in [0, 0.1) is 0 Å². The maximum atomic E-state index is 11.4. The van der Waals surface area contributed by atoms with Crippen molar-refractivity contribution in [1.29, 1.82) is 0 Å². The van der Waals surface area contributed by atoms with Crippen LogP contribution in [0.4, 0.5) is 5.69 Å². The van der Waals surface area contributed by atoms with E-state index in [2.05, 4.69) is 5.32 Å². The van der Waals surface area contributed by atoms with Crippen molar-refractivity contribution < 1.29 is 4.79 Å². The molecule has 68 valence electrons. The van der Waals surface area contributed by atoms with Gasteiger partial charge in [0.15, 0.2) is 0 Å². The van der Waals surface area contributed by atoms with Crippen molar-refractivity contribution in [2.45, 2.75) is 10.1 Å². The normalized spacial score (nSPS) is 20.7. The fourth-order valence-electron chi connectivity index (χ4n) is 1.19. The largest absolute Gasteiger partial charge is 0.324 e. The number of anilines is 1. The van der Waals surface area contributed by atoms with Crippen molar-refractivity contribution >= 4 is 35.0 Å². The Morgan fingerprint density at radius 2 is 2.23 bits per heavy atom. The summed E-state index contributed by atoms with van der Waals surface area (Å²) in [5, 5.41) is 2.66. The Hall–Kier alpha value is -0.670. The van der Waals surface area contributed by atoms with Crippen LogP contribution in [0.3, 0.4) is 0 Å². The van der Waals surface area contributed by atoms with Crippen LogP contribution in [0.25, 0.3) is 0 Å². The van der Waals surface area contributed by atoms with E-state index in [4.69, 9.17) is 11.6 Å². The first-order chi connectivity index (χ1) is 6.31. The molecule has 0 saturated carbocycles. The number of para-hydroxylation sites is 1. The predicted molar refractivity (Wildman–Crippen MR) is 55.4 cm³/mol. The van der Waals surface area contributed by atoms with E-state index >= 15 is 0 Å². The fourth-order valence-corrected chi connectivity index (χ4v) is 2.46. The Bertz CT molecular complexity index is 342. The second-order valence-electron chi connectivity index (χ2n) is 2.75. The number of rotatable bonds is 1. The van der Waals surface area contributed by atoms with Crippen LogP contribution >= 0.6 is 23.4 Å². The van der Waals surface area contributed by atoms with Gasteiger partial charge in [-0.25, -0.2) is 0 Å². The number of thioether (sulfide) groups is 1. The van der Waals surface area contributed by atoms with E-state index in [-0.39, 0.29) is 11.2 Å². The molecule has 0 aromatic heterocycles. The van der Waals surface area contributed by atoms with Crippen LogP contribution in [-0.4, -0.2) is 17.0 Å². The van der Waals surface area contributed by atoms with Crippen molar-refractivity contribution in [2.75, 3.05) is 11.2 Å². The highest BCUT2D eigenvalue weighted by molar-refractivity contribution is 8.01. The van der Waals surface area contributed by atoms with E-state index < -0.39 is 0 Å². The second kappa shape index (κ2) is 3.60. The van der Waals surface area contributed by atoms with Crippen molar-refractivity contribution in [3.05, 3.63) is 24.3 Å². The van der Waals surface area contributed by atoms with Gasteiger partial charge >= 0.3 is 0 Å². The number of carbonyl (C=O) groups excluding carboxylic acids is 1. The number of fused-ring (bicyclic) bond motifs is 1. The fraction of sp³-hybridized carbons (Fsp3) is 0.222. The first-order valence-electron chi connectivity index (χ1n) is 3.94. The minimum Gasteiger partial charge on any atom is -0.324 e. The van der Waals surface area contributed by atoms with Gasteiger partial charge < -0.3 is 5.32 Å². The highest BCUT2D eigenvalue weighted by Crippen LogP contribution is 2.35. The Morgan fingerprint density at radius 1 is 1.46 bits per heavy atom. The lowest BCUT2D eigenvalue weighted by molar-refractivity contribution is -0.115. The minimum absolute atomic E-state index is 0.00120. The molecule has 1 aliphatic heterocycles. The average Bonchev–Trinajstić information content (AvgIpc) is 2.17. The quantitative estimate of drug-likeness (QED) is 0.726. The minimum atomic E-state index is -0.156. The lowest BCUT2D eigenvalue weighted by atomic mass is 10.3. The molecule has 1 aromatic rings. The molecule has 1 aromatic carbocycles. The Balaban J connectivity index is 2.33. The zero-order chi connectivity index (χ0) is 9.26. The topological polar surface area (TPSA) is 29.1 Å². The van der Waals surface area contributed by atoms with E-state index in [1.807, 2.05) is 24.3 Å². The maximum Gasteiger partial charge on any atom is 0.239 e. The van der Waals surface area contributed by atoms with Gasteiger partial charge in [-0.2, -0.15) is 0 Å². The number of nitrogens with one attached hydrogen (secondary N) is 1. The molecule has 1 amide bonds. The SMILES string of the molecule is O=C1Nc2ccccc2S[C@@H]1CCl. The molecule has 1 aliphatic rings. The Morgan fingerprint density at radius 3 is 3.00 bits per heavy atom. The number of hydrogen-bond acceptors (Lipinski definition) is 2. The van der Waals surface area contributed by atoms with E-state index in [9.17, 15) is 4.79 Å². The number of hydrogen-bond donors (Lipinski definition) is 1. The number of halogens is 1. The summed E-state index contributed by atoms with van der Waals surface area (Å²) in [5.41, 5.74) is 0.888. The van der Waals surface area contributed by atoms with E-state index in [1.165, 1.54) is 11.8 Å². The van der Waals surface area contributed by atoms with E-state index in [0.717, 1.165) is 10.6 Å². The van der Waals surface area contributed by atoms with Crippen molar-refractivity contribution in [3.8, 4) is 0 Å². The van der Waals surface area contributed by atoms with Gasteiger partial charge in [0.05, 0.1) is 5.69 Å². The highest BCUT2D eigenvalue weighted by Gasteiger charge is 2.25. The molecule has 0 fully saturated rings. The molecule has 2 rings (SSSR count). The number of carbonyl (C=O) groups is 1. The molecule has 4 heteroatoms. The molecule has 1 N–H and O–H groups in total. The monoisotopic (exact) mass is 213 g/mol. The first kappa shape index (κ1) is 8.91. The van der Waals surface area contributed by atoms with Crippen LogP contribution in [0.1, 0.15) is 0 Å². The molecular weight excluding hydrogens is 206 g/mol. The third kappa shape index (κ3) is 1.67. The number of amides is 1. The van der Waals surface area contributed by atoms with Crippen LogP contribution < -0.4 is 5.32 Å². The molecule has 0 aliphatic carbocycles. The molecule has 0 saturated heterocycles. The molecule has 1 atom stereocenters. The Labute approximate surface area is 85.7 Å². The molecular formula is C9H8ClNOS.